The lowest BCUT2D eigenvalue weighted by atomic mass is 10.1. The number of nitrogens with one attached hydrogen (secondary N) is 1. The number of anilines is 2. The van der Waals surface area contributed by atoms with Crippen LogP contribution in [0.15, 0.2) is 66.7 Å². The molecule has 0 heterocycles. The van der Waals surface area contributed by atoms with Crippen molar-refractivity contribution in [2.75, 3.05) is 32.4 Å². The number of para-hydroxylation sites is 2. The van der Waals surface area contributed by atoms with Gasteiger partial charge in [0.1, 0.15) is 0 Å². The zero-order valence-corrected chi connectivity index (χ0v) is 18.3. The van der Waals surface area contributed by atoms with Gasteiger partial charge in [-0.15, -0.1) is 0 Å². The second kappa shape index (κ2) is 10.7. The second-order valence-electron chi connectivity index (χ2n) is 6.87. The summed E-state index contributed by atoms with van der Waals surface area (Å²) >= 11 is 0. The van der Waals surface area contributed by atoms with E-state index in [1.54, 1.807) is 39.5 Å². The molecular formula is C26H26N2O4. The maximum Gasteiger partial charge on any atom is 0.248 e. The lowest BCUT2D eigenvalue weighted by molar-refractivity contribution is -0.111. The van der Waals surface area contributed by atoms with Crippen molar-refractivity contribution in [1.82, 2.24) is 0 Å². The number of benzene rings is 3. The quantitative estimate of drug-likeness (QED) is 0.295. The molecule has 0 radical (unpaired) electrons. The van der Waals surface area contributed by atoms with Crippen LogP contribution in [-0.4, -0.2) is 27.2 Å². The highest BCUT2D eigenvalue weighted by Gasteiger charge is 2.11. The smallest absolute Gasteiger partial charge is 0.248 e. The Morgan fingerprint density at radius 2 is 1.34 bits per heavy atom. The predicted molar refractivity (Wildman–Crippen MR) is 130 cm³/mol. The minimum absolute atomic E-state index is 0.241. The van der Waals surface area contributed by atoms with Gasteiger partial charge < -0.3 is 25.3 Å². The molecule has 0 atom stereocenters. The SMILES string of the molecule is COc1cc(/C=C\c2ccc(/C=C/C(=O)Nc3ccccc3N)cc2)cc(OC)c1OC. The van der Waals surface area contributed by atoms with Gasteiger partial charge in [-0.3, -0.25) is 4.79 Å². The molecule has 0 unspecified atom stereocenters. The number of hydrogen-bond acceptors (Lipinski definition) is 5. The lowest BCUT2D eigenvalue weighted by Crippen LogP contribution is -2.09. The number of hydrogen-bond donors (Lipinski definition) is 2. The first-order valence-corrected chi connectivity index (χ1v) is 9.95. The predicted octanol–water partition coefficient (Wildman–Crippen LogP) is 5.12. The zero-order valence-electron chi connectivity index (χ0n) is 18.3. The molecule has 0 spiro atoms. The number of nitrogen functional groups attached to an aromatic ring is 1. The molecule has 164 valence electrons. The van der Waals surface area contributed by atoms with Gasteiger partial charge in [0.15, 0.2) is 11.5 Å². The number of nitrogens with two attached hydrogens (primary N) is 1. The summed E-state index contributed by atoms with van der Waals surface area (Å²) in [4.78, 5) is 12.1. The van der Waals surface area contributed by atoms with E-state index in [1.807, 2.05) is 60.7 Å². The van der Waals surface area contributed by atoms with Crippen molar-refractivity contribution < 1.29 is 19.0 Å². The molecule has 32 heavy (non-hydrogen) atoms. The molecule has 3 rings (SSSR count). The molecule has 0 aliphatic rings. The molecule has 3 aromatic carbocycles. The minimum Gasteiger partial charge on any atom is -0.493 e. The Balaban J connectivity index is 1.67. The Morgan fingerprint density at radius 3 is 1.91 bits per heavy atom. The monoisotopic (exact) mass is 430 g/mol. The van der Waals surface area contributed by atoms with Crippen LogP contribution in [0.25, 0.3) is 18.2 Å². The molecule has 0 saturated heterocycles. The number of methoxy groups -OCH3 is 3. The molecule has 6 nitrogen and oxygen atoms in total. The number of ether oxygens (including phenoxy) is 3. The second-order valence-corrected chi connectivity index (χ2v) is 6.87. The van der Waals surface area contributed by atoms with Crippen LogP contribution in [0.2, 0.25) is 0 Å². The van der Waals surface area contributed by atoms with Crippen molar-refractivity contribution in [3.8, 4) is 17.2 Å². The van der Waals surface area contributed by atoms with Gasteiger partial charge in [-0.05, 0) is 47.0 Å². The number of carbonyl (C=O) groups excluding carboxylic acids is 1. The van der Waals surface area contributed by atoms with E-state index >= 15 is 0 Å². The van der Waals surface area contributed by atoms with E-state index in [0.717, 1.165) is 16.7 Å². The molecule has 0 aliphatic carbocycles. The first-order valence-electron chi connectivity index (χ1n) is 9.95. The van der Waals surface area contributed by atoms with Gasteiger partial charge in [0.25, 0.3) is 0 Å². The summed E-state index contributed by atoms with van der Waals surface area (Å²) in [6, 6.07) is 18.7. The van der Waals surface area contributed by atoms with Crippen LogP contribution in [0.1, 0.15) is 16.7 Å². The van der Waals surface area contributed by atoms with Crippen LogP contribution in [-0.2, 0) is 4.79 Å². The fraction of sp³-hybridized carbons (Fsp3) is 0.115. The summed E-state index contributed by atoms with van der Waals surface area (Å²) in [5.41, 5.74) is 9.80. The van der Waals surface area contributed by atoms with Crippen molar-refractivity contribution in [3.63, 3.8) is 0 Å². The molecule has 6 heteroatoms. The third-order valence-corrected chi connectivity index (χ3v) is 4.74. The topological polar surface area (TPSA) is 82.8 Å². The van der Waals surface area contributed by atoms with Gasteiger partial charge in [-0.1, -0.05) is 48.6 Å². The molecule has 1 amide bonds. The fourth-order valence-electron chi connectivity index (χ4n) is 3.07. The Bertz CT molecular complexity index is 1110. The van der Waals surface area contributed by atoms with Gasteiger partial charge in [0.2, 0.25) is 11.7 Å². The van der Waals surface area contributed by atoms with Crippen molar-refractivity contribution in [2.45, 2.75) is 0 Å². The number of rotatable bonds is 8. The molecule has 3 aromatic rings. The lowest BCUT2D eigenvalue weighted by Gasteiger charge is -2.12. The zero-order chi connectivity index (χ0) is 22.9. The van der Waals surface area contributed by atoms with Crippen molar-refractivity contribution in [2.24, 2.45) is 0 Å². The third-order valence-electron chi connectivity index (χ3n) is 4.74. The van der Waals surface area contributed by atoms with Crippen molar-refractivity contribution in [1.29, 1.82) is 0 Å². The van der Waals surface area contributed by atoms with Gasteiger partial charge >= 0.3 is 0 Å². The van der Waals surface area contributed by atoms with Crippen LogP contribution in [0.3, 0.4) is 0 Å². The Kier molecular flexibility index (Phi) is 7.54. The van der Waals surface area contributed by atoms with E-state index in [2.05, 4.69) is 5.32 Å². The minimum atomic E-state index is -0.241. The van der Waals surface area contributed by atoms with Gasteiger partial charge in [-0.25, -0.2) is 0 Å². The molecule has 3 N–H and O–H groups in total. The van der Waals surface area contributed by atoms with Crippen molar-refractivity contribution >= 4 is 35.5 Å². The van der Waals surface area contributed by atoms with E-state index in [9.17, 15) is 4.79 Å². The normalized spacial score (nSPS) is 11.0. The number of carbonyl (C=O) groups is 1. The summed E-state index contributed by atoms with van der Waals surface area (Å²) in [7, 11) is 4.75. The summed E-state index contributed by atoms with van der Waals surface area (Å²) in [6.45, 7) is 0. The van der Waals surface area contributed by atoms with E-state index in [1.165, 1.54) is 6.08 Å². The third kappa shape index (κ3) is 5.70. The molecule has 0 fully saturated rings. The van der Waals surface area contributed by atoms with Gasteiger partial charge in [-0.2, -0.15) is 0 Å². The van der Waals surface area contributed by atoms with Crippen molar-refractivity contribution in [3.05, 3.63) is 83.4 Å². The maximum atomic E-state index is 12.1. The first kappa shape index (κ1) is 22.5. The molecule has 0 aliphatic heterocycles. The summed E-state index contributed by atoms with van der Waals surface area (Å²) in [5.74, 6) is 1.52. The van der Waals surface area contributed by atoms with Crippen LogP contribution >= 0.6 is 0 Å². The van der Waals surface area contributed by atoms with Gasteiger partial charge in [0.05, 0.1) is 32.7 Å². The summed E-state index contributed by atoms with van der Waals surface area (Å²) in [5, 5.41) is 2.77. The summed E-state index contributed by atoms with van der Waals surface area (Å²) in [6.07, 6.45) is 7.18. The van der Waals surface area contributed by atoms with Crippen LogP contribution in [0.5, 0.6) is 17.2 Å². The molecular weight excluding hydrogens is 404 g/mol. The average Bonchev–Trinajstić information content (AvgIpc) is 2.82. The Morgan fingerprint density at radius 1 is 0.781 bits per heavy atom. The Hall–Kier alpha value is -4.19. The average molecular weight is 431 g/mol. The van der Waals surface area contributed by atoms with E-state index in [4.69, 9.17) is 19.9 Å². The highest BCUT2D eigenvalue weighted by Crippen LogP contribution is 2.38. The largest absolute Gasteiger partial charge is 0.493 e. The molecule has 0 saturated carbocycles. The first-order chi connectivity index (χ1) is 15.5. The fourth-order valence-corrected chi connectivity index (χ4v) is 3.07. The highest BCUT2D eigenvalue weighted by molar-refractivity contribution is 6.03. The molecule has 0 aromatic heterocycles. The number of amides is 1. The standard InChI is InChI=1S/C26H26N2O4/c1-30-23-16-20(17-24(31-2)26(23)32-3)13-12-18-8-10-19(11-9-18)14-15-25(29)28-22-7-5-4-6-21(22)27/h4-17H,27H2,1-3H3,(H,28,29)/b13-12-,15-14+. The maximum absolute atomic E-state index is 12.1. The van der Waals surface area contributed by atoms with Crippen LogP contribution in [0.4, 0.5) is 11.4 Å². The van der Waals surface area contributed by atoms with E-state index in [-0.39, 0.29) is 5.91 Å². The van der Waals surface area contributed by atoms with Crippen LogP contribution in [0, 0.1) is 0 Å². The Labute approximate surface area is 187 Å². The summed E-state index contributed by atoms with van der Waals surface area (Å²) < 4.78 is 16.1. The van der Waals surface area contributed by atoms with E-state index < -0.39 is 0 Å². The highest BCUT2D eigenvalue weighted by atomic mass is 16.5. The van der Waals surface area contributed by atoms with E-state index in [0.29, 0.717) is 28.6 Å². The van der Waals surface area contributed by atoms with Crippen LogP contribution < -0.4 is 25.3 Å². The van der Waals surface area contributed by atoms with Gasteiger partial charge in [0, 0.05) is 6.08 Å². The molecule has 0 bridgehead atoms.